The second-order valence-electron chi connectivity index (χ2n) is 10.7. The second kappa shape index (κ2) is 15.8. The minimum atomic E-state index is -4.88. The number of nitrogens with one attached hydrogen (secondary N) is 2. The van der Waals surface area contributed by atoms with Crippen molar-refractivity contribution >= 4 is 33.2 Å². The molecule has 2 aliphatic rings. The number of carbonyl (C=O) groups excluding carboxylic acids is 2. The molecule has 2 heterocycles. The third-order valence-corrected chi connectivity index (χ3v) is 8.32. The fourth-order valence-corrected chi connectivity index (χ4v) is 5.93. The Morgan fingerprint density at radius 2 is 1.84 bits per heavy atom. The molecule has 4 rings (SSSR count). The van der Waals surface area contributed by atoms with E-state index in [1.54, 1.807) is 6.26 Å². The van der Waals surface area contributed by atoms with Gasteiger partial charge in [-0.2, -0.15) is 13.2 Å². The highest BCUT2D eigenvalue weighted by atomic mass is 32.1. The number of thiophene rings is 1. The first-order valence-corrected chi connectivity index (χ1v) is 15.7. The van der Waals surface area contributed by atoms with Crippen LogP contribution in [-0.2, 0) is 25.5 Å². The molecule has 1 aliphatic carbocycles. The fraction of sp³-hybridized carbons (Fsp3) is 0.500. The third-order valence-electron chi connectivity index (χ3n) is 7.31. The van der Waals surface area contributed by atoms with Gasteiger partial charge in [-0.05, 0) is 84.0 Å². The van der Waals surface area contributed by atoms with E-state index < -0.39 is 12.1 Å². The molecule has 0 spiro atoms. The van der Waals surface area contributed by atoms with Crippen molar-refractivity contribution in [3.8, 4) is 5.75 Å². The van der Waals surface area contributed by atoms with E-state index in [0.29, 0.717) is 38.3 Å². The molecule has 1 aliphatic heterocycles. The van der Waals surface area contributed by atoms with Crippen molar-refractivity contribution in [3.05, 3.63) is 65.0 Å². The Hall–Kier alpha value is -3.47. The maximum absolute atomic E-state index is 12.4. The Labute approximate surface area is 254 Å². The van der Waals surface area contributed by atoms with Crippen molar-refractivity contribution < 1.29 is 37.0 Å². The number of rotatable bonds is 17. The van der Waals surface area contributed by atoms with E-state index in [1.807, 2.05) is 47.1 Å². The van der Waals surface area contributed by atoms with E-state index >= 15 is 0 Å². The van der Waals surface area contributed by atoms with Crippen LogP contribution in [0.1, 0.15) is 57.4 Å². The zero-order chi connectivity index (χ0) is 30.7. The number of unbranched alkanes of at least 4 members (excludes halogenated alkanes) is 4. The average Bonchev–Trinajstić information content (AvgIpc) is 3.57. The van der Waals surface area contributed by atoms with Crippen molar-refractivity contribution in [1.29, 1.82) is 0 Å². The maximum atomic E-state index is 12.4. The van der Waals surface area contributed by atoms with E-state index in [0.717, 1.165) is 52.7 Å². The third kappa shape index (κ3) is 9.77. The van der Waals surface area contributed by atoms with Gasteiger partial charge in [0, 0.05) is 23.7 Å². The molecule has 2 N–H and O–H groups in total. The number of ether oxygens (including phenoxy) is 3. The van der Waals surface area contributed by atoms with Crippen LogP contribution < -0.4 is 15.4 Å². The van der Waals surface area contributed by atoms with Gasteiger partial charge in [-0.1, -0.05) is 26.2 Å². The molecule has 0 bridgehead atoms. The number of alkyl halides is 3. The monoisotopic (exact) mass is 620 g/mol. The Kier molecular flexibility index (Phi) is 12.0. The minimum absolute atomic E-state index is 0.00741. The summed E-state index contributed by atoms with van der Waals surface area (Å²) in [5.74, 6) is -0.474. The van der Waals surface area contributed by atoms with Gasteiger partial charge in [0.15, 0.2) is 0 Å². The first-order valence-electron chi connectivity index (χ1n) is 14.9. The zero-order valence-electron chi connectivity index (χ0n) is 24.3. The van der Waals surface area contributed by atoms with Crippen LogP contribution in [0, 0.1) is 5.92 Å². The summed E-state index contributed by atoms with van der Waals surface area (Å²) < 4.78 is 55.9. The molecular formula is C32H39F3N2O5S. The Morgan fingerprint density at radius 1 is 1.02 bits per heavy atom. The lowest BCUT2D eigenvalue weighted by Gasteiger charge is -2.21. The van der Waals surface area contributed by atoms with Crippen molar-refractivity contribution in [2.24, 2.45) is 5.92 Å². The molecule has 1 aromatic heterocycles. The van der Waals surface area contributed by atoms with Gasteiger partial charge < -0.3 is 24.8 Å². The topological polar surface area (TPSA) is 85.9 Å². The van der Waals surface area contributed by atoms with Crippen LogP contribution in [0.4, 0.5) is 13.2 Å². The molecule has 43 heavy (non-hydrogen) atoms. The molecule has 0 radical (unpaired) electrons. The van der Waals surface area contributed by atoms with Crippen LogP contribution in [0.25, 0.3) is 10.1 Å². The van der Waals surface area contributed by atoms with Crippen molar-refractivity contribution in [2.75, 3.05) is 26.3 Å². The van der Waals surface area contributed by atoms with Crippen LogP contribution in [0.2, 0.25) is 0 Å². The van der Waals surface area contributed by atoms with Gasteiger partial charge in [-0.25, -0.2) is 0 Å². The summed E-state index contributed by atoms with van der Waals surface area (Å²) in [5.41, 5.74) is 1.82. The van der Waals surface area contributed by atoms with E-state index in [4.69, 9.17) is 14.2 Å². The van der Waals surface area contributed by atoms with Crippen LogP contribution in [0.15, 0.2) is 59.4 Å². The first-order chi connectivity index (χ1) is 20.7. The molecular weight excluding hydrogens is 581 g/mol. The molecule has 1 aromatic carbocycles. The molecule has 0 fully saturated rings. The van der Waals surface area contributed by atoms with Crippen LogP contribution in [0.5, 0.6) is 5.75 Å². The second-order valence-corrected chi connectivity index (χ2v) is 11.6. The van der Waals surface area contributed by atoms with E-state index in [2.05, 4.69) is 12.2 Å². The van der Waals surface area contributed by atoms with E-state index in [9.17, 15) is 22.8 Å². The van der Waals surface area contributed by atoms with Gasteiger partial charge in [0.05, 0.1) is 25.9 Å². The highest BCUT2D eigenvalue weighted by Crippen LogP contribution is 2.34. The smallest absolute Gasteiger partial charge is 0.471 e. The number of hydrogen-bond acceptors (Lipinski definition) is 6. The normalized spacial score (nSPS) is 17.6. The Balaban J connectivity index is 1.15. The fourth-order valence-electron chi connectivity index (χ4n) is 4.95. The highest BCUT2D eigenvalue weighted by molar-refractivity contribution is 7.17. The number of halogens is 3. The van der Waals surface area contributed by atoms with Gasteiger partial charge in [0.25, 0.3) is 0 Å². The molecule has 2 atom stereocenters. The summed E-state index contributed by atoms with van der Waals surface area (Å²) in [6.07, 6.45) is 9.26. The lowest BCUT2D eigenvalue weighted by atomic mass is 9.89. The van der Waals surface area contributed by atoms with Crippen LogP contribution >= 0.6 is 11.3 Å². The molecule has 234 valence electrons. The van der Waals surface area contributed by atoms with Crippen LogP contribution in [0.3, 0.4) is 0 Å². The number of amides is 2. The highest BCUT2D eigenvalue weighted by Gasteiger charge is 2.38. The average molecular weight is 621 g/mol. The van der Waals surface area contributed by atoms with Crippen molar-refractivity contribution in [1.82, 2.24) is 10.6 Å². The van der Waals surface area contributed by atoms with Crippen molar-refractivity contribution in [2.45, 2.75) is 70.6 Å². The molecule has 2 amide bonds. The summed E-state index contributed by atoms with van der Waals surface area (Å²) in [6.45, 7) is 3.78. The van der Waals surface area contributed by atoms with Crippen molar-refractivity contribution in [3.63, 3.8) is 0 Å². The summed E-state index contributed by atoms with van der Waals surface area (Å²) in [5, 5.41) is 7.72. The van der Waals surface area contributed by atoms with E-state index in [1.165, 1.54) is 24.2 Å². The molecule has 7 nitrogen and oxygen atoms in total. The minimum Gasteiger partial charge on any atom is -0.494 e. The zero-order valence-corrected chi connectivity index (χ0v) is 25.2. The SMILES string of the molecule is CCCCCCNC(=O)CC1=COC2C=CC(OCCCCOc3ccc4scc(CCNC(=O)C(F)(F)F)c4c3)=CC12. The Morgan fingerprint density at radius 3 is 2.63 bits per heavy atom. The first kappa shape index (κ1) is 32.4. The predicted molar refractivity (Wildman–Crippen MR) is 161 cm³/mol. The number of hydrogen-bond donors (Lipinski definition) is 2. The number of fused-ring (bicyclic) bond motifs is 2. The van der Waals surface area contributed by atoms with Gasteiger partial charge in [-0.15, -0.1) is 11.3 Å². The van der Waals surface area contributed by atoms with Gasteiger partial charge >= 0.3 is 12.1 Å². The summed E-state index contributed by atoms with van der Waals surface area (Å²) in [7, 11) is 0. The molecule has 0 saturated carbocycles. The van der Waals surface area contributed by atoms with Gasteiger partial charge in [-0.3, -0.25) is 9.59 Å². The summed E-state index contributed by atoms with van der Waals surface area (Å²) in [6, 6.07) is 5.69. The molecule has 2 unspecified atom stereocenters. The Bertz CT molecular complexity index is 1330. The molecule has 11 heteroatoms. The van der Waals surface area contributed by atoms with Gasteiger partial charge in [0.1, 0.15) is 17.6 Å². The predicted octanol–water partition coefficient (Wildman–Crippen LogP) is 6.74. The summed E-state index contributed by atoms with van der Waals surface area (Å²) in [4.78, 5) is 23.4. The largest absolute Gasteiger partial charge is 0.494 e. The standard InChI is InChI=1S/C32H39F3N2O5S/c1-2-3-4-5-13-36-30(38)17-23-20-42-28-10-8-24(18-26(23)28)40-15-6-7-16-41-25-9-11-29-27(19-25)22(21-43-29)12-14-37-31(39)32(33,34)35/h8-11,18-21,26,28H,2-7,12-17H2,1H3,(H,36,38)(H,37,39). The van der Waals surface area contributed by atoms with E-state index in [-0.39, 0.29) is 24.5 Å². The lowest BCUT2D eigenvalue weighted by molar-refractivity contribution is -0.173. The summed E-state index contributed by atoms with van der Waals surface area (Å²) >= 11 is 1.50. The lowest BCUT2D eigenvalue weighted by Crippen LogP contribution is -2.37. The number of benzene rings is 1. The maximum Gasteiger partial charge on any atom is 0.471 e. The number of carbonyl (C=O) groups is 2. The number of allylic oxidation sites excluding steroid dienone is 1. The van der Waals surface area contributed by atoms with Crippen LogP contribution in [-0.4, -0.2) is 50.4 Å². The molecule has 0 saturated heterocycles. The quantitative estimate of drug-likeness (QED) is 0.192. The molecule has 2 aromatic rings. The van der Waals surface area contributed by atoms with Gasteiger partial charge in [0.2, 0.25) is 5.91 Å².